The molecule has 7 rings (SSSR count). The molecule has 1 aromatic heterocycles. The van der Waals surface area contributed by atoms with Gasteiger partial charge in [-0.1, -0.05) is 76.6 Å². The third-order valence-corrected chi connectivity index (χ3v) is 8.72. The molecule has 3 aromatic carbocycles. The highest BCUT2D eigenvalue weighted by Crippen LogP contribution is 2.58. The van der Waals surface area contributed by atoms with Gasteiger partial charge in [0.2, 0.25) is 5.91 Å². The van der Waals surface area contributed by atoms with Crippen LogP contribution in [0.4, 0.5) is 11.4 Å². The number of carbonyl (C=O) groups excluding carboxylic acids is 3. The Hall–Kier alpha value is -4.36. The fraction of sp³-hybridized carbons (Fsp3) is 0.125. The second-order valence-corrected chi connectivity index (χ2v) is 10.9. The fourth-order valence-electron chi connectivity index (χ4n) is 6.60. The van der Waals surface area contributed by atoms with Crippen LogP contribution in [0.3, 0.4) is 0 Å². The van der Waals surface area contributed by atoms with E-state index in [0.717, 1.165) is 21.3 Å². The molecule has 1 spiro atoms. The number of halogens is 1. The smallest absolute Gasteiger partial charge is 0.238 e. The van der Waals surface area contributed by atoms with Crippen LogP contribution in [0.25, 0.3) is 6.08 Å². The number of ketones is 2. The number of benzene rings is 3. The van der Waals surface area contributed by atoms with Gasteiger partial charge in [0, 0.05) is 39.4 Å². The zero-order valence-corrected chi connectivity index (χ0v) is 22.2. The van der Waals surface area contributed by atoms with Gasteiger partial charge in [-0.15, -0.1) is 0 Å². The average Bonchev–Trinajstić information content (AvgIpc) is 3.45. The van der Waals surface area contributed by atoms with Gasteiger partial charge < -0.3 is 10.2 Å². The number of amides is 1. The number of nitrogens with zero attached hydrogens (tertiary/aromatic N) is 2. The van der Waals surface area contributed by atoms with Crippen LogP contribution in [0.2, 0.25) is 0 Å². The summed E-state index contributed by atoms with van der Waals surface area (Å²) in [4.78, 5) is 49.5. The molecule has 7 heteroatoms. The van der Waals surface area contributed by atoms with Crippen molar-refractivity contribution in [3.8, 4) is 0 Å². The number of nitrogens with one attached hydrogen (secondary N) is 1. The minimum Gasteiger partial charge on any atom is -0.352 e. The maximum atomic E-state index is 14.7. The van der Waals surface area contributed by atoms with Crippen LogP contribution < -0.4 is 10.2 Å². The fourth-order valence-corrected chi connectivity index (χ4v) is 6.86. The van der Waals surface area contributed by atoms with Crippen molar-refractivity contribution in [3.05, 3.63) is 130 Å². The lowest BCUT2D eigenvalue weighted by atomic mass is 9.64. The standard InChI is InChI=1S/C32H22BrN3O3/c33-22-12-9-20(10-13-22)29(37)27-28(30(38)21-15-17-34-18-16-21)36-25-8-4-1-5-19(25)11-14-26(36)32(27)23-6-2-3-7-24(23)35-31(32)39/h1-18,26-28H,(H,35,39). The van der Waals surface area contributed by atoms with Crippen molar-refractivity contribution in [1.29, 1.82) is 0 Å². The van der Waals surface area contributed by atoms with Crippen molar-refractivity contribution >= 4 is 50.9 Å². The Balaban J connectivity index is 1.54. The molecule has 1 saturated heterocycles. The molecule has 0 saturated carbocycles. The molecular weight excluding hydrogens is 554 g/mol. The second-order valence-electron chi connectivity index (χ2n) is 10.0. The number of pyridine rings is 1. The Kier molecular flexibility index (Phi) is 5.39. The number of carbonyl (C=O) groups is 3. The van der Waals surface area contributed by atoms with E-state index in [1.807, 2.05) is 65.6 Å². The van der Waals surface area contributed by atoms with E-state index < -0.39 is 23.4 Å². The summed E-state index contributed by atoms with van der Waals surface area (Å²) >= 11 is 3.45. The summed E-state index contributed by atoms with van der Waals surface area (Å²) in [5.74, 6) is -1.74. The van der Waals surface area contributed by atoms with Gasteiger partial charge in [0.25, 0.3) is 0 Å². The third-order valence-electron chi connectivity index (χ3n) is 8.19. The van der Waals surface area contributed by atoms with E-state index >= 15 is 0 Å². The molecule has 0 aliphatic carbocycles. The Labute approximate surface area is 233 Å². The number of fused-ring (bicyclic) bond motifs is 6. The average molecular weight is 576 g/mol. The van der Waals surface area contributed by atoms with Gasteiger partial charge in [-0.3, -0.25) is 19.4 Å². The Morgan fingerprint density at radius 3 is 2.33 bits per heavy atom. The minimum absolute atomic E-state index is 0.225. The van der Waals surface area contributed by atoms with E-state index in [1.54, 1.807) is 48.8 Å². The number of hydrogen-bond donors (Lipinski definition) is 1. The minimum atomic E-state index is -1.32. The molecule has 4 atom stereocenters. The summed E-state index contributed by atoms with van der Waals surface area (Å²) in [5.41, 5.74) is 2.72. The van der Waals surface area contributed by atoms with E-state index in [4.69, 9.17) is 0 Å². The molecule has 4 unspecified atom stereocenters. The monoisotopic (exact) mass is 575 g/mol. The van der Waals surface area contributed by atoms with Crippen molar-refractivity contribution in [3.63, 3.8) is 0 Å². The SMILES string of the molecule is O=C(c1ccncc1)C1C(C(=O)c2ccc(Br)cc2)C2(C(=O)Nc3ccccc32)C2C=Cc3ccccc3N12. The second kappa shape index (κ2) is 8.85. The van der Waals surface area contributed by atoms with E-state index in [0.29, 0.717) is 16.8 Å². The molecule has 0 radical (unpaired) electrons. The summed E-state index contributed by atoms with van der Waals surface area (Å²) in [6.45, 7) is 0. The number of aromatic nitrogens is 1. The highest BCUT2D eigenvalue weighted by atomic mass is 79.9. The summed E-state index contributed by atoms with van der Waals surface area (Å²) in [7, 11) is 0. The Bertz CT molecular complexity index is 1680. The van der Waals surface area contributed by atoms with E-state index in [2.05, 4.69) is 26.2 Å². The summed E-state index contributed by atoms with van der Waals surface area (Å²) in [5, 5.41) is 3.05. The van der Waals surface area contributed by atoms with E-state index in [1.165, 1.54) is 0 Å². The lowest BCUT2D eigenvalue weighted by molar-refractivity contribution is -0.121. The van der Waals surface area contributed by atoms with Crippen LogP contribution in [0.5, 0.6) is 0 Å². The lowest BCUT2D eigenvalue weighted by Gasteiger charge is -2.37. The van der Waals surface area contributed by atoms with Gasteiger partial charge in [0.15, 0.2) is 11.6 Å². The molecular formula is C32H22BrN3O3. The molecule has 4 aromatic rings. The van der Waals surface area contributed by atoms with Crippen LogP contribution >= 0.6 is 15.9 Å². The molecule has 1 amide bonds. The molecule has 3 aliphatic rings. The van der Waals surface area contributed by atoms with E-state index in [-0.39, 0.29) is 17.5 Å². The van der Waals surface area contributed by atoms with Crippen molar-refractivity contribution in [1.82, 2.24) is 4.98 Å². The topological polar surface area (TPSA) is 79.4 Å². The van der Waals surface area contributed by atoms with Crippen LogP contribution in [0.15, 0.2) is 108 Å². The first kappa shape index (κ1) is 23.7. The molecule has 1 N–H and O–H groups in total. The first-order chi connectivity index (χ1) is 19.0. The predicted octanol–water partition coefficient (Wildman–Crippen LogP) is 5.70. The van der Waals surface area contributed by atoms with Gasteiger partial charge in [-0.2, -0.15) is 0 Å². The van der Waals surface area contributed by atoms with Gasteiger partial charge >= 0.3 is 0 Å². The first-order valence-corrected chi connectivity index (χ1v) is 13.5. The van der Waals surface area contributed by atoms with Gasteiger partial charge in [0.05, 0.1) is 12.0 Å². The summed E-state index contributed by atoms with van der Waals surface area (Å²) in [6.07, 6.45) is 7.11. The number of para-hydroxylation sites is 2. The Morgan fingerprint density at radius 1 is 0.846 bits per heavy atom. The molecule has 39 heavy (non-hydrogen) atoms. The predicted molar refractivity (Wildman–Crippen MR) is 153 cm³/mol. The molecule has 6 nitrogen and oxygen atoms in total. The lowest BCUT2D eigenvalue weighted by Crippen LogP contribution is -2.51. The molecule has 1 fully saturated rings. The largest absolute Gasteiger partial charge is 0.352 e. The number of rotatable bonds is 4. The van der Waals surface area contributed by atoms with Gasteiger partial charge in [0.1, 0.15) is 11.5 Å². The van der Waals surface area contributed by atoms with Crippen LogP contribution in [0, 0.1) is 5.92 Å². The number of Topliss-reactive ketones (excluding diaryl/α,β-unsaturated/α-hetero) is 2. The van der Waals surface area contributed by atoms with Crippen LogP contribution in [0.1, 0.15) is 31.8 Å². The normalized spacial score (nSPS) is 24.2. The quantitative estimate of drug-likeness (QED) is 0.316. The first-order valence-electron chi connectivity index (χ1n) is 12.7. The Morgan fingerprint density at radius 2 is 1.54 bits per heavy atom. The number of hydrogen-bond acceptors (Lipinski definition) is 5. The van der Waals surface area contributed by atoms with Gasteiger partial charge in [-0.25, -0.2) is 0 Å². The molecule has 4 heterocycles. The summed E-state index contributed by atoms with van der Waals surface area (Å²) in [6, 6.07) is 24.2. The van der Waals surface area contributed by atoms with Crippen molar-refractivity contribution < 1.29 is 14.4 Å². The highest BCUT2D eigenvalue weighted by molar-refractivity contribution is 9.10. The van der Waals surface area contributed by atoms with Crippen LogP contribution in [-0.2, 0) is 10.2 Å². The zero-order valence-electron chi connectivity index (χ0n) is 20.6. The van der Waals surface area contributed by atoms with Crippen LogP contribution in [-0.4, -0.2) is 34.5 Å². The summed E-state index contributed by atoms with van der Waals surface area (Å²) < 4.78 is 0.836. The molecule has 0 bridgehead atoms. The third kappa shape index (κ3) is 3.32. The maximum absolute atomic E-state index is 14.7. The number of anilines is 2. The van der Waals surface area contributed by atoms with Crippen molar-refractivity contribution in [2.75, 3.05) is 10.2 Å². The highest BCUT2D eigenvalue weighted by Gasteiger charge is 2.70. The van der Waals surface area contributed by atoms with Crippen molar-refractivity contribution in [2.24, 2.45) is 5.92 Å². The molecule has 3 aliphatic heterocycles. The van der Waals surface area contributed by atoms with Gasteiger partial charge in [-0.05, 0) is 47.5 Å². The maximum Gasteiger partial charge on any atom is 0.238 e. The molecule has 190 valence electrons. The van der Waals surface area contributed by atoms with Crippen molar-refractivity contribution in [2.45, 2.75) is 17.5 Å². The van der Waals surface area contributed by atoms with E-state index in [9.17, 15) is 14.4 Å². The zero-order chi connectivity index (χ0) is 26.7.